The molecule has 0 radical (unpaired) electrons. The summed E-state index contributed by atoms with van der Waals surface area (Å²) in [5.74, 6) is -3.00. The molecule has 0 unspecified atom stereocenters. The number of carbonyl (C=O) groups is 4. The summed E-state index contributed by atoms with van der Waals surface area (Å²) in [5.41, 5.74) is -0.0400. The second kappa shape index (κ2) is 15.4. The van der Waals surface area contributed by atoms with E-state index < -0.39 is 59.6 Å². The highest BCUT2D eigenvalue weighted by Gasteiger charge is 2.75. The van der Waals surface area contributed by atoms with Gasteiger partial charge in [0.05, 0.1) is 43.7 Å². The second-order valence-electron chi connectivity index (χ2n) is 12.9. The maximum absolute atomic E-state index is 14.7. The van der Waals surface area contributed by atoms with Gasteiger partial charge in [0.2, 0.25) is 11.8 Å². The molecule has 0 saturated carbocycles. The largest absolute Gasteiger partial charge is 0.497 e. The lowest BCUT2D eigenvalue weighted by atomic mass is 9.70. The van der Waals surface area contributed by atoms with E-state index in [4.69, 9.17) is 14.2 Å². The molecule has 2 aromatic rings. The summed E-state index contributed by atoms with van der Waals surface area (Å²) in [6.07, 6.45) is 3.75. The molecule has 5 rings (SSSR count). The van der Waals surface area contributed by atoms with Crippen LogP contribution < -0.4 is 15.0 Å². The lowest BCUT2D eigenvalue weighted by Crippen LogP contribution is -2.59. The molecular weight excluding hydrogens is 626 g/mol. The topological polar surface area (TPSA) is 135 Å². The number of carbonyl (C=O) groups excluding carboxylic acids is 4. The van der Waals surface area contributed by atoms with Crippen LogP contribution in [-0.4, -0.2) is 83.8 Å². The first kappa shape index (κ1) is 35.8. The molecule has 2 N–H and O–H groups in total. The van der Waals surface area contributed by atoms with Gasteiger partial charge in [-0.1, -0.05) is 49.4 Å². The van der Waals surface area contributed by atoms with E-state index in [1.54, 1.807) is 55.4 Å². The summed E-state index contributed by atoms with van der Waals surface area (Å²) < 4.78 is 18.2. The minimum atomic E-state index is -1.30. The van der Waals surface area contributed by atoms with E-state index in [0.29, 0.717) is 42.7 Å². The first-order valence-corrected chi connectivity index (χ1v) is 17.0. The second-order valence-corrected chi connectivity index (χ2v) is 12.9. The molecule has 3 fully saturated rings. The van der Waals surface area contributed by atoms with Gasteiger partial charge in [0.25, 0.3) is 5.91 Å². The van der Waals surface area contributed by atoms with E-state index in [1.807, 2.05) is 37.3 Å². The number of esters is 1. The average molecular weight is 674 g/mol. The van der Waals surface area contributed by atoms with Crippen molar-refractivity contribution in [1.82, 2.24) is 10.2 Å². The van der Waals surface area contributed by atoms with Gasteiger partial charge in [0.1, 0.15) is 23.5 Å². The van der Waals surface area contributed by atoms with Crippen LogP contribution in [0, 0.1) is 11.8 Å². The third kappa shape index (κ3) is 6.74. The third-order valence-corrected chi connectivity index (χ3v) is 10.1. The van der Waals surface area contributed by atoms with Crippen molar-refractivity contribution >= 4 is 29.4 Å². The highest BCUT2D eigenvalue weighted by molar-refractivity contribution is 6.05. The number of nitrogens with one attached hydrogen (secondary N) is 1. The van der Waals surface area contributed by atoms with Gasteiger partial charge in [-0.05, 0) is 62.4 Å². The van der Waals surface area contributed by atoms with Gasteiger partial charge >= 0.3 is 5.97 Å². The standard InChI is InChI=1S/C38H47N3O8/c1-6-9-15-30(43)39-24(4)33(25-13-11-10-12-14-25)48-37(46)31-29-20-21-38(49-29)32(31)35(44)41(26(8-3)23-42)34(38)36(45)40(22-7-2)27-16-18-28(47-5)19-17-27/h6-7,10-14,16-19,24,26,29,31-34,42H,1-2,8-9,15,20-23H2,3-5H3,(H,39,43)/t24-,26-,29+,31-,32-,33-,34+,38-/m0/s1. The molecule has 49 heavy (non-hydrogen) atoms. The normalized spacial score (nSPS) is 25.6. The summed E-state index contributed by atoms with van der Waals surface area (Å²) in [4.78, 5) is 59.2. The van der Waals surface area contributed by atoms with Crippen molar-refractivity contribution in [1.29, 1.82) is 0 Å². The van der Waals surface area contributed by atoms with Gasteiger partial charge in [-0.2, -0.15) is 0 Å². The number of hydrogen-bond acceptors (Lipinski definition) is 8. The van der Waals surface area contributed by atoms with Crippen molar-refractivity contribution in [3.05, 3.63) is 85.5 Å². The Hall–Kier alpha value is -4.48. The fourth-order valence-corrected chi connectivity index (χ4v) is 7.75. The molecule has 11 heteroatoms. The van der Waals surface area contributed by atoms with Crippen LogP contribution in [0.15, 0.2) is 79.9 Å². The van der Waals surface area contributed by atoms with Gasteiger partial charge in [-0.25, -0.2) is 0 Å². The average Bonchev–Trinajstić information content (AvgIpc) is 3.77. The van der Waals surface area contributed by atoms with Crippen molar-refractivity contribution in [2.24, 2.45) is 11.8 Å². The lowest BCUT2D eigenvalue weighted by molar-refractivity contribution is -0.162. The first-order valence-electron chi connectivity index (χ1n) is 17.0. The lowest BCUT2D eigenvalue weighted by Gasteiger charge is -2.39. The van der Waals surface area contributed by atoms with E-state index in [-0.39, 0.29) is 31.4 Å². The van der Waals surface area contributed by atoms with Crippen molar-refractivity contribution in [2.45, 2.75) is 81.9 Å². The molecule has 1 spiro atoms. The SMILES string of the molecule is C=CCCC(=O)N[C@@H](C)[C@H](OC(=O)[C@@H]1[C@H]2C(=O)N([C@@H](CC)CO)[C@H](C(=O)N(CC=C)c3ccc(OC)cc3)[C@]23CC[C@H]1O3)c1ccccc1. The van der Waals surface area contributed by atoms with Crippen LogP contribution in [0.1, 0.15) is 57.6 Å². The Balaban J connectivity index is 1.49. The van der Waals surface area contributed by atoms with E-state index >= 15 is 0 Å². The molecule has 2 bridgehead atoms. The summed E-state index contributed by atoms with van der Waals surface area (Å²) in [6, 6.07) is 13.8. The summed E-state index contributed by atoms with van der Waals surface area (Å²) in [5, 5.41) is 13.4. The smallest absolute Gasteiger partial charge is 0.313 e. The number of anilines is 1. The number of hydrogen-bond donors (Lipinski definition) is 2. The number of benzene rings is 2. The fraction of sp³-hybridized carbons (Fsp3) is 0.474. The van der Waals surface area contributed by atoms with E-state index in [2.05, 4.69) is 18.5 Å². The minimum absolute atomic E-state index is 0.157. The van der Waals surface area contributed by atoms with Gasteiger partial charge in [-0.15, -0.1) is 13.2 Å². The van der Waals surface area contributed by atoms with E-state index in [1.165, 1.54) is 4.90 Å². The molecule has 262 valence electrons. The maximum Gasteiger partial charge on any atom is 0.313 e. The van der Waals surface area contributed by atoms with E-state index in [0.717, 1.165) is 0 Å². The van der Waals surface area contributed by atoms with Crippen LogP contribution in [0.25, 0.3) is 0 Å². The van der Waals surface area contributed by atoms with Crippen molar-refractivity contribution in [3.63, 3.8) is 0 Å². The Kier molecular flexibility index (Phi) is 11.2. The fourth-order valence-electron chi connectivity index (χ4n) is 7.75. The Morgan fingerprint density at radius 2 is 1.86 bits per heavy atom. The highest BCUT2D eigenvalue weighted by Crippen LogP contribution is 2.59. The number of ether oxygens (including phenoxy) is 3. The number of likely N-dealkylation sites (tertiary alicyclic amines) is 1. The number of methoxy groups -OCH3 is 1. The van der Waals surface area contributed by atoms with Crippen molar-refractivity contribution in [2.75, 3.05) is 25.2 Å². The molecule has 3 aliphatic heterocycles. The highest BCUT2D eigenvalue weighted by atomic mass is 16.6. The molecule has 3 aliphatic rings. The van der Waals surface area contributed by atoms with E-state index in [9.17, 15) is 24.3 Å². The summed E-state index contributed by atoms with van der Waals surface area (Å²) in [6.45, 7) is 10.9. The van der Waals surface area contributed by atoms with Crippen LogP contribution >= 0.6 is 0 Å². The molecule has 0 aliphatic carbocycles. The first-order chi connectivity index (χ1) is 23.6. The Labute approximate surface area is 287 Å². The Morgan fingerprint density at radius 3 is 2.47 bits per heavy atom. The zero-order valence-electron chi connectivity index (χ0n) is 28.5. The Morgan fingerprint density at radius 1 is 1.14 bits per heavy atom. The van der Waals surface area contributed by atoms with Crippen LogP contribution in [0.2, 0.25) is 0 Å². The molecule has 0 aromatic heterocycles. The molecular formula is C38H47N3O8. The molecule has 3 heterocycles. The van der Waals surface area contributed by atoms with Gasteiger partial charge in [-0.3, -0.25) is 19.2 Å². The molecule has 3 saturated heterocycles. The minimum Gasteiger partial charge on any atom is -0.497 e. The molecule has 3 amide bonds. The Bertz CT molecular complexity index is 1530. The van der Waals surface area contributed by atoms with Crippen molar-refractivity contribution in [3.8, 4) is 5.75 Å². The monoisotopic (exact) mass is 673 g/mol. The molecule has 2 aromatic carbocycles. The predicted molar refractivity (Wildman–Crippen MR) is 183 cm³/mol. The number of nitrogens with zero attached hydrogens (tertiary/aromatic N) is 2. The van der Waals surface area contributed by atoms with Crippen LogP contribution in [-0.2, 0) is 28.7 Å². The van der Waals surface area contributed by atoms with Crippen molar-refractivity contribution < 1.29 is 38.5 Å². The quantitative estimate of drug-likeness (QED) is 0.201. The summed E-state index contributed by atoms with van der Waals surface area (Å²) >= 11 is 0. The maximum atomic E-state index is 14.7. The number of aliphatic hydroxyl groups excluding tert-OH is 1. The third-order valence-electron chi connectivity index (χ3n) is 10.1. The number of amides is 3. The number of aliphatic hydroxyl groups is 1. The van der Waals surface area contributed by atoms with Crippen LogP contribution in [0.3, 0.4) is 0 Å². The predicted octanol–water partition coefficient (Wildman–Crippen LogP) is 4.12. The van der Waals surface area contributed by atoms with Crippen LogP contribution in [0.5, 0.6) is 5.75 Å². The van der Waals surface area contributed by atoms with Crippen LogP contribution in [0.4, 0.5) is 5.69 Å². The zero-order chi connectivity index (χ0) is 35.3. The number of allylic oxidation sites excluding steroid dienone is 1. The molecule has 8 atom stereocenters. The number of rotatable bonds is 16. The molecule has 11 nitrogen and oxygen atoms in total. The van der Waals surface area contributed by atoms with Gasteiger partial charge < -0.3 is 34.4 Å². The van der Waals surface area contributed by atoms with Gasteiger partial charge in [0, 0.05) is 18.7 Å². The zero-order valence-corrected chi connectivity index (χ0v) is 28.5. The van der Waals surface area contributed by atoms with Gasteiger partial charge in [0.15, 0.2) is 0 Å². The summed E-state index contributed by atoms with van der Waals surface area (Å²) in [7, 11) is 1.56. The number of fused-ring (bicyclic) bond motifs is 1.